The number of halogens is 1. The molecule has 0 aromatic heterocycles. The van der Waals surface area contributed by atoms with Gasteiger partial charge >= 0.3 is 0 Å². The molecule has 0 unspecified atom stereocenters. The van der Waals surface area contributed by atoms with Crippen LogP contribution < -0.4 is 10.1 Å². The molecule has 6 nitrogen and oxygen atoms in total. The number of piperidine rings is 1. The fourth-order valence-corrected chi connectivity index (χ4v) is 5.24. The maximum absolute atomic E-state index is 13.2. The topological polar surface area (TPSA) is 75.7 Å². The van der Waals surface area contributed by atoms with Gasteiger partial charge in [0.1, 0.15) is 10.6 Å². The van der Waals surface area contributed by atoms with Gasteiger partial charge in [-0.1, -0.05) is 29.8 Å². The summed E-state index contributed by atoms with van der Waals surface area (Å²) in [6, 6.07) is 12.0. The standard InChI is InChI=1S/C20H23ClN2O4S/c1-14-9-10-18(27-2)19(12-14)28(25,26)23-11-5-6-15(13-23)20(24)22-17-8-4-3-7-16(17)21/h3-4,7-10,12,15H,5-6,11,13H2,1-2H3,(H,22,24)/t15-/m0/s1. The average Bonchev–Trinajstić information content (AvgIpc) is 2.69. The molecule has 2 aromatic rings. The van der Waals surface area contributed by atoms with Crippen LogP contribution in [0.1, 0.15) is 18.4 Å². The van der Waals surface area contributed by atoms with Crippen molar-refractivity contribution in [2.24, 2.45) is 5.92 Å². The predicted octanol–water partition coefficient (Wildman–Crippen LogP) is 3.70. The van der Waals surface area contributed by atoms with E-state index in [1.165, 1.54) is 11.4 Å². The van der Waals surface area contributed by atoms with Crippen molar-refractivity contribution in [1.29, 1.82) is 0 Å². The van der Waals surface area contributed by atoms with E-state index in [0.29, 0.717) is 35.8 Å². The fourth-order valence-electron chi connectivity index (χ4n) is 3.30. The van der Waals surface area contributed by atoms with Crippen LogP contribution in [-0.4, -0.2) is 38.8 Å². The number of amides is 1. The maximum Gasteiger partial charge on any atom is 0.246 e. The molecule has 0 saturated carbocycles. The molecule has 0 bridgehead atoms. The molecule has 2 aromatic carbocycles. The highest BCUT2D eigenvalue weighted by molar-refractivity contribution is 7.89. The van der Waals surface area contributed by atoms with Crippen LogP contribution in [0.15, 0.2) is 47.4 Å². The van der Waals surface area contributed by atoms with E-state index in [-0.39, 0.29) is 17.3 Å². The van der Waals surface area contributed by atoms with Gasteiger partial charge in [0.15, 0.2) is 0 Å². The summed E-state index contributed by atoms with van der Waals surface area (Å²) in [4.78, 5) is 12.8. The highest BCUT2D eigenvalue weighted by atomic mass is 35.5. The number of sulfonamides is 1. The van der Waals surface area contributed by atoms with Crippen molar-refractivity contribution in [3.63, 3.8) is 0 Å². The predicted molar refractivity (Wildman–Crippen MR) is 109 cm³/mol. The van der Waals surface area contributed by atoms with Crippen molar-refractivity contribution in [2.75, 3.05) is 25.5 Å². The summed E-state index contributed by atoms with van der Waals surface area (Å²) in [6.07, 6.45) is 1.22. The van der Waals surface area contributed by atoms with Gasteiger partial charge in [0, 0.05) is 13.1 Å². The van der Waals surface area contributed by atoms with Crippen LogP contribution in [-0.2, 0) is 14.8 Å². The zero-order valence-corrected chi connectivity index (χ0v) is 17.4. The highest BCUT2D eigenvalue weighted by Crippen LogP contribution is 2.31. The van der Waals surface area contributed by atoms with Gasteiger partial charge in [-0.05, 0) is 49.6 Å². The second-order valence-corrected chi connectivity index (χ2v) is 9.14. The molecule has 1 aliphatic heterocycles. The Hall–Kier alpha value is -2.09. The fraction of sp³-hybridized carbons (Fsp3) is 0.350. The second kappa shape index (κ2) is 8.51. The van der Waals surface area contributed by atoms with Gasteiger partial charge in [-0.2, -0.15) is 4.31 Å². The summed E-state index contributed by atoms with van der Waals surface area (Å²) in [5.74, 6) is -0.381. The summed E-state index contributed by atoms with van der Waals surface area (Å²) in [5.41, 5.74) is 1.35. The SMILES string of the molecule is COc1ccc(C)cc1S(=O)(=O)N1CCC[C@H](C(=O)Nc2ccccc2Cl)C1. The number of hydrogen-bond donors (Lipinski definition) is 1. The number of carbonyl (C=O) groups is 1. The van der Waals surface area contributed by atoms with Gasteiger partial charge in [-0.25, -0.2) is 8.42 Å². The van der Waals surface area contributed by atoms with Crippen molar-refractivity contribution in [3.05, 3.63) is 53.1 Å². The lowest BCUT2D eigenvalue weighted by Gasteiger charge is -2.31. The molecule has 1 heterocycles. The normalized spacial score (nSPS) is 17.9. The summed E-state index contributed by atoms with van der Waals surface area (Å²) in [7, 11) is -2.33. The van der Waals surface area contributed by atoms with E-state index in [0.717, 1.165) is 5.56 Å². The van der Waals surface area contributed by atoms with Crippen molar-refractivity contribution in [3.8, 4) is 5.75 Å². The number of anilines is 1. The Morgan fingerprint density at radius 2 is 2.00 bits per heavy atom. The Kier molecular flexibility index (Phi) is 6.27. The molecule has 1 N–H and O–H groups in total. The van der Waals surface area contributed by atoms with E-state index in [2.05, 4.69) is 5.32 Å². The first-order chi connectivity index (χ1) is 13.3. The molecule has 1 aliphatic rings. The Bertz CT molecular complexity index is 978. The molecule has 0 spiro atoms. The van der Waals surface area contributed by atoms with E-state index in [1.807, 2.05) is 6.92 Å². The number of carbonyl (C=O) groups excluding carboxylic acids is 1. The van der Waals surface area contributed by atoms with Crippen LogP contribution in [0, 0.1) is 12.8 Å². The lowest BCUT2D eigenvalue weighted by atomic mass is 9.99. The molecule has 0 aliphatic carbocycles. The smallest absolute Gasteiger partial charge is 0.246 e. The number of para-hydroxylation sites is 1. The molecule has 1 atom stereocenters. The molecule has 1 amide bonds. The van der Waals surface area contributed by atoms with Crippen LogP contribution in [0.25, 0.3) is 0 Å². The first-order valence-electron chi connectivity index (χ1n) is 9.03. The largest absolute Gasteiger partial charge is 0.495 e. The van der Waals surface area contributed by atoms with E-state index in [4.69, 9.17) is 16.3 Å². The maximum atomic E-state index is 13.2. The lowest BCUT2D eigenvalue weighted by molar-refractivity contribution is -0.120. The summed E-state index contributed by atoms with van der Waals surface area (Å²) in [5, 5.41) is 3.25. The zero-order valence-electron chi connectivity index (χ0n) is 15.8. The van der Waals surface area contributed by atoms with Crippen LogP contribution in [0.5, 0.6) is 5.75 Å². The number of methoxy groups -OCH3 is 1. The number of hydrogen-bond acceptors (Lipinski definition) is 4. The van der Waals surface area contributed by atoms with Gasteiger partial charge < -0.3 is 10.1 Å². The zero-order chi connectivity index (χ0) is 20.3. The van der Waals surface area contributed by atoms with Crippen LogP contribution in [0.4, 0.5) is 5.69 Å². The molecule has 1 fully saturated rings. The molecular weight excluding hydrogens is 400 g/mol. The van der Waals surface area contributed by atoms with Crippen LogP contribution in [0.3, 0.4) is 0 Å². The van der Waals surface area contributed by atoms with E-state index < -0.39 is 15.9 Å². The molecule has 8 heteroatoms. The van der Waals surface area contributed by atoms with E-state index in [9.17, 15) is 13.2 Å². The first kappa shape index (κ1) is 20.6. The van der Waals surface area contributed by atoms with Gasteiger partial charge in [-0.15, -0.1) is 0 Å². The third kappa shape index (κ3) is 4.32. The van der Waals surface area contributed by atoms with E-state index in [1.54, 1.807) is 42.5 Å². The number of rotatable bonds is 5. The Balaban J connectivity index is 1.80. The minimum atomic E-state index is -3.77. The van der Waals surface area contributed by atoms with E-state index >= 15 is 0 Å². The minimum Gasteiger partial charge on any atom is -0.495 e. The van der Waals surface area contributed by atoms with Gasteiger partial charge in [0.05, 0.1) is 23.7 Å². The minimum absolute atomic E-state index is 0.121. The molecule has 3 rings (SSSR count). The van der Waals surface area contributed by atoms with Crippen molar-refractivity contribution < 1.29 is 17.9 Å². The molecule has 28 heavy (non-hydrogen) atoms. The summed E-state index contributed by atoms with van der Waals surface area (Å²) < 4.78 is 33.0. The third-order valence-corrected chi connectivity index (χ3v) is 7.04. The molecule has 150 valence electrons. The summed E-state index contributed by atoms with van der Waals surface area (Å²) in [6.45, 7) is 2.32. The molecular formula is C20H23ClN2O4S. The number of nitrogens with one attached hydrogen (secondary N) is 1. The van der Waals surface area contributed by atoms with Crippen molar-refractivity contribution in [2.45, 2.75) is 24.7 Å². The highest BCUT2D eigenvalue weighted by Gasteiger charge is 2.35. The first-order valence-corrected chi connectivity index (χ1v) is 10.8. The van der Waals surface area contributed by atoms with Crippen molar-refractivity contribution >= 4 is 33.2 Å². The Morgan fingerprint density at radius 1 is 1.25 bits per heavy atom. The average molecular weight is 423 g/mol. The van der Waals surface area contributed by atoms with Gasteiger partial charge in [-0.3, -0.25) is 4.79 Å². The molecule has 0 radical (unpaired) electrons. The summed E-state index contributed by atoms with van der Waals surface area (Å²) >= 11 is 6.10. The van der Waals surface area contributed by atoms with Crippen molar-refractivity contribution in [1.82, 2.24) is 4.31 Å². The van der Waals surface area contributed by atoms with Crippen LogP contribution in [0.2, 0.25) is 5.02 Å². The van der Waals surface area contributed by atoms with Crippen LogP contribution >= 0.6 is 11.6 Å². The van der Waals surface area contributed by atoms with Gasteiger partial charge in [0.2, 0.25) is 15.9 Å². The lowest BCUT2D eigenvalue weighted by Crippen LogP contribution is -2.43. The Labute approximate surface area is 170 Å². The molecule has 1 saturated heterocycles. The number of benzene rings is 2. The Morgan fingerprint density at radius 3 is 2.71 bits per heavy atom. The third-order valence-electron chi connectivity index (χ3n) is 4.82. The van der Waals surface area contributed by atoms with Gasteiger partial charge in [0.25, 0.3) is 0 Å². The number of ether oxygens (including phenoxy) is 1. The number of nitrogens with zero attached hydrogens (tertiary/aromatic N) is 1. The number of aryl methyl sites for hydroxylation is 1. The monoisotopic (exact) mass is 422 g/mol. The quantitative estimate of drug-likeness (QED) is 0.797. The second-order valence-electron chi connectivity index (χ2n) is 6.83.